The zero-order chi connectivity index (χ0) is 19.2. The lowest BCUT2D eigenvalue weighted by Crippen LogP contribution is -2.40. The first-order valence-corrected chi connectivity index (χ1v) is 9.08. The molecule has 0 spiro atoms. The van der Waals surface area contributed by atoms with Crippen molar-refractivity contribution < 1.29 is 18.7 Å². The second-order valence-corrected chi connectivity index (χ2v) is 6.76. The van der Waals surface area contributed by atoms with Gasteiger partial charge in [-0.2, -0.15) is 0 Å². The number of likely N-dealkylation sites (tertiary alicyclic amines) is 1. The summed E-state index contributed by atoms with van der Waals surface area (Å²) >= 11 is 0. The zero-order valence-corrected chi connectivity index (χ0v) is 15.7. The lowest BCUT2D eigenvalue weighted by molar-refractivity contribution is -0.121. The molecular formula is C21H25FN2O3. The molecule has 5 nitrogen and oxygen atoms in total. The molecule has 1 aliphatic heterocycles. The number of hydrogen-bond donors (Lipinski definition) is 1. The minimum atomic E-state index is -0.232. The van der Waals surface area contributed by atoms with Crippen molar-refractivity contribution in [1.82, 2.24) is 4.90 Å². The van der Waals surface area contributed by atoms with E-state index in [0.29, 0.717) is 23.7 Å². The maximum absolute atomic E-state index is 13.1. The Morgan fingerprint density at radius 3 is 2.59 bits per heavy atom. The average Bonchev–Trinajstić information content (AvgIpc) is 2.70. The van der Waals surface area contributed by atoms with Gasteiger partial charge in [0.25, 0.3) is 0 Å². The molecular weight excluding hydrogens is 347 g/mol. The van der Waals surface area contributed by atoms with Crippen LogP contribution in [0.4, 0.5) is 10.1 Å². The normalized spacial score (nSPS) is 17.4. The van der Waals surface area contributed by atoms with Gasteiger partial charge in [0.15, 0.2) is 11.5 Å². The van der Waals surface area contributed by atoms with E-state index >= 15 is 0 Å². The van der Waals surface area contributed by atoms with E-state index in [1.807, 2.05) is 0 Å². The monoisotopic (exact) mass is 372 g/mol. The van der Waals surface area contributed by atoms with Crippen molar-refractivity contribution in [2.75, 3.05) is 32.6 Å². The summed E-state index contributed by atoms with van der Waals surface area (Å²) in [4.78, 5) is 15.0. The van der Waals surface area contributed by atoms with Gasteiger partial charge in [0.1, 0.15) is 5.82 Å². The Morgan fingerprint density at radius 2 is 1.89 bits per heavy atom. The molecule has 1 heterocycles. The van der Waals surface area contributed by atoms with Crippen LogP contribution in [-0.4, -0.2) is 38.1 Å². The van der Waals surface area contributed by atoms with Gasteiger partial charge in [-0.1, -0.05) is 12.1 Å². The summed E-state index contributed by atoms with van der Waals surface area (Å²) in [5.41, 5.74) is 1.74. The second kappa shape index (κ2) is 8.86. The maximum Gasteiger partial charge on any atom is 0.228 e. The van der Waals surface area contributed by atoms with Crippen molar-refractivity contribution in [3.63, 3.8) is 0 Å². The minimum Gasteiger partial charge on any atom is -0.493 e. The number of nitrogens with one attached hydrogen (secondary N) is 1. The van der Waals surface area contributed by atoms with Crippen LogP contribution >= 0.6 is 0 Å². The molecule has 1 aliphatic rings. The van der Waals surface area contributed by atoms with E-state index in [4.69, 9.17) is 9.47 Å². The summed E-state index contributed by atoms with van der Waals surface area (Å²) in [7, 11) is 3.14. The number of halogens is 1. The number of rotatable bonds is 6. The molecule has 1 N–H and O–H groups in total. The van der Waals surface area contributed by atoms with Gasteiger partial charge in [0, 0.05) is 24.8 Å². The Bertz CT molecular complexity index is 779. The summed E-state index contributed by atoms with van der Waals surface area (Å²) in [5.74, 6) is 0.901. The van der Waals surface area contributed by atoms with Crippen LogP contribution in [0.5, 0.6) is 11.5 Å². The van der Waals surface area contributed by atoms with E-state index < -0.39 is 0 Å². The lowest BCUT2D eigenvalue weighted by atomic mass is 9.96. The topological polar surface area (TPSA) is 50.8 Å². The molecule has 6 heteroatoms. The molecule has 1 amide bonds. The number of carbonyl (C=O) groups excluding carboxylic acids is 1. The lowest BCUT2D eigenvalue weighted by Gasteiger charge is -2.32. The van der Waals surface area contributed by atoms with Crippen LogP contribution in [-0.2, 0) is 11.3 Å². The van der Waals surface area contributed by atoms with E-state index in [9.17, 15) is 9.18 Å². The van der Waals surface area contributed by atoms with Crippen LogP contribution in [0.1, 0.15) is 18.4 Å². The number of methoxy groups -OCH3 is 2. The van der Waals surface area contributed by atoms with Gasteiger partial charge in [-0.15, -0.1) is 0 Å². The average molecular weight is 372 g/mol. The van der Waals surface area contributed by atoms with Crippen molar-refractivity contribution in [3.05, 3.63) is 53.8 Å². The van der Waals surface area contributed by atoms with Gasteiger partial charge in [0.2, 0.25) is 5.91 Å². The highest BCUT2D eigenvalue weighted by Gasteiger charge is 2.26. The number of ether oxygens (including phenoxy) is 2. The molecule has 0 aliphatic carbocycles. The third kappa shape index (κ3) is 4.98. The Labute approximate surface area is 159 Å². The Morgan fingerprint density at radius 1 is 1.15 bits per heavy atom. The predicted molar refractivity (Wildman–Crippen MR) is 103 cm³/mol. The van der Waals surface area contributed by atoms with Gasteiger partial charge in [-0.3, -0.25) is 9.69 Å². The number of hydrogen-bond acceptors (Lipinski definition) is 4. The molecule has 0 unspecified atom stereocenters. The van der Waals surface area contributed by atoms with Crippen LogP contribution in [0.3, 0.4) is 0 Å². The molecule has 2 aromatic rings. The first-order chi connectivity index (χ1) is 13.1. The highest BCUT2D eigenvalue weighted by Crippen LogP contribution is 2.30. The highest BCUT2D eigenvalue weighted by molar-refractivity contribution is 5.93. The van der Waals surface area contributed by atoms with E-state index in [2.05, 4.69) is 10.2 Å². The predicted octanol–water partition coefficient (Wildman–Crippen LogP) is 3.69. The van der Waals surface area contributed by atoms with Crippen LogP contribution in [0.2, 0.25) is 0 Å². The van der Waals surface area contributed by atoms with E-state index in [0.717, 1.165) is 31.5 Å². The molecule has 1 atom stereocenters. The maximum atomic E-state index is 13.1. The molecule has 1 fully saturated rings. The van der Waals surface area contributed by atoms with Gasteiger partial charge < -0.3 is 14.8 Å². The standard InChI is InChI=1S/C21H25FN2O3/c1-26-19-10-9-18(12-20(19)27-2)23-21(25)16-4-3-11-24(14-16)13-15-5-7-17(22)8-6-15/h5-10,12,16H,3-4,11,13-14H2,1-2H3,(H,23,25)/t16-/m1/s1. The van der Waals surface area contributed by atoms with E-state index in [1.54, 1.807) is 44.6 Å². The largest absolute Gasteiger partial charge is 0.493 e. The molecule has 3 rings (SSSR count). The van der Waals surface area contributed by atoms with Crippen molar-refractivity contribution in [3.8, 4) is 11.5 Å². The number of nitrogens with zero attached hydrogens (tertiary/aromatic N) is 1. The van der Waals surface area contributed by atoms with Crippen molar-refractivity contribution >= 4 is 11.6 Å². The first kappa shape index (κ1) is 19.2. The van der Waals surface area contributed by atoms with E-state index in [-0.39, 0.29) is 17.6 Å². The number of benzene rings is 2. The number of anilines is 1. The molecule has 0 saturated carbocycles. The zero-order valence-electron chi connectivity index (χ0n) is 15.7. The molecule has 0 aromatic heterocycles. The van der Waals surface area contributed by atoms with Crippen molar-refractivity contribution in [1.29, 1.82) is 0 Å². The number of piperidine rings is 1. The quantitative estimate of drug-likeness (QED) is 0.840. The highest BCUT2D eigenvalue weighted by atomic mass is 19.1. The van der Waals surface area contributed by atoms with Gasteiger partial charge in [-0.05, 0) is 49.2 Å². The number of amides is 1. The van der Waals surface area contributed by atoms with E-state index in [1.165, 1.54) is 12.1 Å². The van der Waals surface area contributed by atoms with Gasteiger partial charge in [-0.25, -0.2) is 4.39 Å². The third-order valence-corrected chi connectivity index (χ3v) is 4.85. The fourth-order valence-electron chi connectivity index (χ4n) is 3.42. The Balaban J connectivity index is 1.60. The third-order valence-electron chi connectivity index (χ3n) is 4.85. The van der Waals surface area contributed by atoms with Crippen LogP contribution < -0.4 is 14.8 Å². The van der Waals surface area contributed by atoms with Crippen molar-refractivity contribution in [2.45, 2.75) is 19.4 Å². The first-order valence-electron chi connectivity index (χ1n) is 9.08. The minimum absolute atomic E-state index is 0.00558. The molecule has 144 valence electrons. The Hall–Kier alpha value is -2.60. The summed E-state index contributed by atoms with van der Waals surface area (Å²) in [6.07, 6.45) is 1.82. The van der Waals surface area contributed by atoms with Crippen LogP contribution in [0, 0.1) is 11.7 Å². The summed E-state index contributed by atoms with van der Waals surface area (Å²) in [6, 6.07) is 11.9. The fraction of sp³-hybridized carbons (Fsp3) is 0.381. The number of carbonyl (C=O) groups is 1. The molecule has 1 saturated heterocycles. The van der Waals surface area contributed by atoms with Gasteiger partial charge >= 0.3 is 0 Å². The molecule has 0 radical (unpaired) electrons. The van der Waals surface area contributed by atoms with Crippen molar-refractivity contribution in [2.24, 2.45) is 5.92 Å². The summed E-state index contributed by atoms with van der Waals surface area (Å²) in [6.45, 7) is 2.36. The van der Waals surface area contributed by atoms with Gasteiger partial charge in [0.05, 0.1) is 20.1 Å². The fourth-order valence-corrected chi connectivity index (χ4v) is 3.42. The van der Waals surface area contributed by atoms with Crippen LogP contribution in [0.15, 0.2) is 42.5 Å². The molecule has 27 heavy (non-hydrogen) atoms. The Kier molecular flexibility index (Phi) is 6.29. The second-order valence-electron chi connectivity index (χ2n) is 6.76. The SMILES string of the molecule is COc1ccc(NC(=O)[C@@H]2CCCN(Cc3ccc(F)cc3)C2)cc1OC. The summed E-state index contributed by atoms with van der Waals surface area (Å²) < 4.78 is 23.6. The smallest absolute Gasteiger partial charge is 0.228 e. The molecule has 0 bridgehead atoms. The summed E-state index contributed by atoms with van der Waals surface area (Å²) in [5, 5.41) is 2.98. The molecule has 2 aromatic carbocycles. The van der Waals surface area contributed by atoms with Crippen LogP contribution in [0.25, 0.3) is 0 Å².